The van der Waals surface area contributed by atoms with Gasteiger partial charge in [-0.2, -0.15) is 0 Å². The zero-order valence-corrected chi connectivity index (χ0v) is 12.1. The van der Waals surface area contributed by atoms with Gasteiger partial charge in [0.15, 0.2) is 6.61 Å². The number of anilines is 1. The van der Waals surface area contributed by atoms with Gasteiger partial charge in [0.25, 0.3) is 5.91 Å². The average molecular weight is 284 g/mol. The molecule has 0 aliphatic carbocycles. The maximum Gasteiger partial charge on any atom is 0.306 e. The summed E-state index contributed by atoms with van der Waals surface area (Å²) >= 11 is 6.07. The largest absolute Gasteiger partial charge is 0.456 e. The van der Waals surface area contributed by atoms with Crippen LogP contribution in [0, 0.1) is 13.8 Å². The van der Waals surface area contributed by atoms with Crippen molar-refractivity contribution in [2.45, 2.75) is 33.6 Å². The van der Waals surface area contributed by atoms with Crippen molar-refractivity contribution < 1.29 is 14.3 Å². The third kappa shape index (κ3) is 4.91. The van der Waals surface area contributed by atoms with Gasteiger partial charge in [-0.05, 0) is 37.5 Å². The van der Waals surface area contributed by atoms with Gasteiger partial charge in [0, 0.05) is 6.42 Å². The van der Waals surface area contributed by atoms with Crippen LogP contribution in [-0.2, 0) is 14.3 Å². The monoisotopic (exact) mass is 283 g/mol. The third-order valence-electron chi connectivity index (χ3n) is 2.51. The minimum absolute atomic E-state index is 0.289. The van der Waals surface area contributed by atoms with E-state index in [9.17, 15) is 9.59 Å². The van der Waals surface area contributed by atoms with Crippen LogP contribution in [0.4, 0.5) is 5.69 Å². The van der Waals surface area contributed by atoms with Crippen LogP contribution >= 0.6 is 11.6 Å². The summed E-state index contributed by atoms with van der Waals surface area (Å²) in [5.74, 6) is -0.761. The van der Waals surface area contributed by atoms with Gasteiger partial charge in [-0.25, -0.2) is 0 Å². The van der Waals surface area contributed by atoms with Gasteiger partial charge in [-0.3, -0.25) is 9.59 Å². The minimum Gasteiger partial charge on any atom is -0.456 e. The molecule has 0 unspecified atom stereocenters. The lowest BCUT2D eigenvalue weighted by Crippen LogP contribution is -2.21. The van der Waals surface area contributed by atoms with E-state index < -0.39 is 5.91 Å². The zero-order chi connectivity index (χ0) is 14.4. The molecule has 0 spiro atoms. The van der Waals surface area contributed by atoms with Crippen molar-refractivity contribution in [2.75, 3.05) is 11.9 Å². The Labute approximate surface area is 118 Å². The summed E-state index contributed by atoms with van der Waals surface area (Å²) < 4.78 is 4.83. The number of amides is 1. The quantitative estimate of drug-likeness (QED) is 0.844. The second kappa shape index (κ2) is 7.14. The molecule has 0 aromatic heterocycles. The maximum atomic E-state index is 11.7. The number of ether oxygens (including phenoxy) is 1. The molecule has 1 N–H and O–H groups in total. The number of esters is 1. The molecule has 0 atom stereocenters. The second-order valence-electron chi connectivity index (χ2n) is 4.40. The van der Waals surface area contributed by atoms with E-state index in [4.69, 9.17) is 16.3 Å². The van der Waals surface area contributed by atoms with Crippen LogP contribution < -0.4 is 5.32 Å². The molecule has 5 heteroatoms. The molecule has 1 amide bonds. The number of aryl methyl sites for hydroxylation is 2. The first-order valence-electron chi connectivity index (χ1n) is 6.16. The summed E-state index contributed by atoms with van der Waals surface area (Å²) in [6.07, 6.45) is 1.01. The van der Waals surface area contributed by atoms with Gasteiger partial charge in [0.2, 0.25) is 0 Å². The number of carbonyl (C=O) groups is 2. The number of benzene rings is 1. The molecule has 0 saturated heterocycles. The Morgan fingerprint density at radius 2 is 2.00 bits per heavy atom. The first kappa shape index (κ1) is 15.5. The van der Waals surface area contributed by atoms with Crippen LogP contribution in [0.25, 0.3) is 0 Å². The van der Waals surface area contributed by atoms with Gasteiger partial charge >= 0.3 is 5.97 Å². The molecule has 0 bridgehead atoms. The number of carbonyl (C=O) groups excluding carboxylic acids is 2. The van der Waals surface area contributed by atoms with Crippen molar-refractivity contribution in [2.24, 2.45) is 0 Å². The molecular weight excluding hydrogens is 266 g/mol. The summed E-state index contributed by atoms with van der Waals surface area (Å²) in [5.41, 5.74) is 2.46. The topological polar surface area (TPSA) is 55.4 Å². The van der Waals surface area contributed by atoms with Crippen molar-refractivity contribution in [3.8, 4) is 0 Å². The Balaban J connectivity index is 2.60. The molecule has 1 aromatic rings. The molecule has 104 valence electrons. The number of halogens is 1. The van der Waals surface area contributed by atoms with Crippen LogP contribution in [0.5, 0.6) is 0 Å². The highest BCUT2D eigenvalue weighted by atomic mass is 35.5. The van der Waals surface area contributed by atoms with Gasteiger partial charge in [-0.1, -0.05) is 24.6 Å². The Bertz CT molecular complexity index is 463. The number of nitrogens with one attached hydrogen (secondary N) is 1. The van der Waals surface area contributed by atoms with Crippen molar-refractivity contribution in [3.63, 3.8) is 0 Å². The predicted octanol–water partition coefficient (Wildman–Crippen LogP) is 3.24. The average Bonchev–Trinajstić information content (AvgIpc) is 2.31. The van der Waals surface area contributed by atoms with E-state index in [1.807, 2.05) is 26.8 Å². The molecule has 0 aliphatic rings. The lowest BCUT2D eigenvalue weighted by molar-refractivity contribution is -0.147. The van der Waals surface area contributed by atoms with Crippen LogP contribution in [0.1, 0.15) is 30.9 Å². The summed E-state index contributed by atoms with van der Waals surface area (Å²) in [7, 11) is 0. The zero-order valence-electron chi connectivity index (χ0n) is 11.4. The van der Waals surface area contributed by atoms with Crippen LogP contribution in [0.2, 0.25) is 5.02 Å². The highest BCUT2D eigenvalue weighted by Crippen LogP contribution is 2.27. The fraction of sp³-hybridized carbons (Fsp3) is 0.429. The Morgan fingerprint density at radius 1 is 1.32 bits per heavy atom. The van der Waals surface area contributed by atoms with E-state index in [1.165, 1.54) is 0 Å². The van der Waals surface area contributed by atoms with Crippen molar-refractivity contribution in [1.82, 2.24) is 0 Å². The van der Waals surface area contributed by atoms with E-state index in [1.54, 1.807) is 6.07 Å². The van der Waals surface area contributed by atoms with Gasteiger partial charge < -0.3 is 10.1 Å². The van der Waals surface area contributed by atoms with Gasteiger partial charge in [-0.15, -0.1) is 0 Å². The lowest BCUT2D eigenvalue weighted by atomic mass is 10.1. The number of rotatable bonds is 5. The highest BCUT2D eigenvalue weighted by molar-refractivity contribution is 6.34. The predicted molar refractivity (Wildman–Crippen MR) is 75.4 cm³/mol. The maximum absolute atomic E-state index is 11.7. The molecule has 0 heterocycles. The molecule has 0 fully saturated rings. The van der Waals surface area contributed by atoms with Crippen LogP contribution in [-0.4, -0.2) is 18.5 Å². The summed E-state index contributed by atoms with van der Waals surface area (Å²) in [4.78, 5) is 22.8. The van der Waals surface area contributed by atoms with E-state index in [0.29, 0.717) is 23.6 Å². The van der Waals surface area contributed by atoms with Crippen LogP contribution in [0.15, 0.2) is 12.1 Å². The van der Waals surface area contributed by atoms with Crippen molar-refractivity contribution in [3.05, 3.63) is 28.3 Å². The molecule has 0 aliphatic heterocycles. The lowest BCUT2D eigenvalue weighted by Gasteiger charge is -2.11. The standard InChI is InChI=1S/C14H18ClNO3/c1-4-5-13(18)19-8-12(17)16-14-10(3)6-9(2)7-11(14)15/h6-7H,4-5,8H2,1-3H3,(H,16,17). The van der Waals surface area contributed by atoms with Crippen molar-refractivity contribution >= 4 is 29.2 Å². The Morgan fingerprint density at radius 3 is 2.58 bits per heavy atom. The molecule has 1 rings (SSSR count). The van der Waals surface area contributed by atoms with Crippen LogP contribution in [0.3, 0.4) is 0 Å². The van der Waals surface area contributed by atoms with Gasteiger partial charge in [0.1, 0.15) is 0 Å². The molecule has 4 nitrogen and oxygen atoms in total. The SMILES string of the molecule is CCCC(=O)OCC(=O)Nc1c(C)cc(C)cc1Cl. The molecule has 0 saturated carbocycles. The highest BCUT2D eigenvalue weighted by Gasteiger charge is 2.11. The summed E-state index contributed by atoms with van der Waals surface area (Å²) in [6.45, 7) is 5.37. The molecule has 19 heavy (non-hydrogen) atoms. The number of hydrogen-bond donors (Lipinski definition) is 1. The summed E-state index contributed by atoms with van der Waals surface area (Å²) in [5, 5.41) is 3.13. The van der Waals surface area contributed by atoms with E-state index in [0.717, 1.165) is 11.1 Å². The first-order chi connectivity index (χ1) is 8.93. The fourth-order valence-electron chi connectivity index (χ4n) is 1.67. The van der Waals surface area contributed by atoms with E-state index >= 15 is 0 Å². The fourth-order valence-corrected chi connectivity index (χ4v) is 2.04. The number of hydrogen-bond acceptors (Lipinski definition) is 3. The van der Waals surface area contributed by atoms with Crippen molar-refractivity contribution in [1.29, 1.82) is 0 Å². The Kier molecular flexibility index (Phi) is 5.83. The summed E-state index contributed by atoms with van der Waals surface area (Å²) in [6, 6.07) is 3.69. The molecular formula is C14H18ClNO3. The molecule has 0 radical (unpaired) electrons. The third-order valence-corrected chi connectivity index (χ3v) is 2.81. The smallest absolute Gasteiger partial charge is 0.306 e. The van der Waals surface area contributed by atoms with Gasteiger partial charge in [0.05, 0.1) is 10.7 Å². The second-order valence-corrected chi connectivity index (χ2v) is 4.80. The Hall–Kier alpha value is -1.55. The van der Waals surface area contributed by atoms with E-state index in [-0.39, 0.29) is 12.6 Å². The normalized spacial score (nSPS) is 10.1. The van der Waals surface area contributed by atoms with E-state index in [2.05, 4.69) is 5.32 Å². The molecule has 1 aromatic carbocycles. The minimum atomic E-state index is -0.390. The first-order valence-corrected chi connectivity index (χ1v) is 6.54.